The molecule has 164 valence electrons. The monoisotopic (exact) mass is 453 g/mol. The van der Waals surface area contributed by atoms with Crippen LogP contribution in [0.2, 0.25) is 0 Å². The molecule has 0 bridgehead atoms. The first kappa shape index (κ1) is 21.6. The number of esters is 1. The number of β-lactam (4-membered cyclic amide) rings is 1. The van der Waals surface area contributed by atoms with Gasteiger partial charge in [0.25, 0.3) is 11.8 Å². The van der Waals surface area contributed by atoms with E-state index in [1.54, 1.807) is 30.3 Å². The molecule has 3 heterocycles. The normalized spacial score (nSPS) is 22.7. The molecule has 4 rings (SSSR count). The van der Waals surface area contributed by atoms with E-state index in [0.29, 0.717) is 5.56 Å². The molecule has 32 heavy (non-hydrogen) atoms. The van der Waals surface area contributed by atoms with E-state index in [9.17, 15) is 24.3 Å². The number of carboxylic acid groups (broad SMARTS) is 1. The first-order valence-electron chi connectivity index (χ1n) is 9.77. The van der Waals surface area contributed by atoms with Gasteiger partial charge in [0.2, 0.25) is 6.10 Å². The largest absolute Gasteiger partial charge is 0.477 e. The van der Waals surface area contributed by atoms with Gasteiger partial charge in [-0.2, -0.15) is 0 Å². The molecule has 4 atom stereocenters. The Morgan fingerprint density at radius 1 is 1.16 bits per heavy atom. The standard InChI is InChI=1S/C22H19N3O6S/c1-12-11-15(21(28)29)25-19(27)16(20(25)32-12)24-18(26)17(13-5-3-2-4-6-13)31-22(30)14-7-9-23-10-8-14/h2-12,16-17,20H,1H3,(H,24,26)(H,28,29)/t12?,16?,17?,20-/m1/s1. The third-order valence-corrected chi connectivity index (χ3v) is 6.37. The number of aromatic nitrogens is 1. The SMILES string of the molecule is CC1C=C(C(=O)O)N2C(=O)C(NC(=O)C(OC(=O)c3ccncc3)c3ccccc3)[C@H]2S1. The highest BCUT2D eigenvalue weighted by molar-refractivity contribution is 8.00. The van der Waals surface area contributed by atoms with Crippen LogP contribution in [0.25, 0.3) is 0 Å². The van der Waals surface area contributed by atoms with E-state index in [-0.39, 0.29) is 16.5 Å². The van der Waals surface area contributed by atoms with Crippen LogP contribution in [0.15, 0.2) is 66.6 Å². The average molecular weight is 453 g/mol. The fourth-order valence-corrected chi connectivity index (χ4v) is 4.85. The maximum atomic E-state index is 13.1. The highest BCUT2D eigenvalue weighted by Crippen LogP contribution is 2.41. The minimum absolute atomic E-state index is 0.0968. The van der Waals surface area contributed by atoms with Gasteiger partial charge < -0.3 is 15.2 Å². The van der Waals surface area contributed by atoms with Crippen molar-refractivity contribution >= 4 is 35.5 Å². The maximum Gasteiger partial charge on any atom is 0.352 e. The van der Waals surface area contributed by atoms with Crippen LogP contribution < -0.4 is 5.32 Å². The van der Waals surface area contributed by atoms with Gasteiger partial charge in [0.05, 0.1) is 5.56 Å². The predicted molar refractivity (Wildman–Crippen MR) is 114 cm³/mol. The van der Waals surface area contributed by atoms with Crippen LogP contribution in [-0.2, 0) is 19.1 Å². The lowest BCUT2D eigenvalue weighted by molar-refractivity contribution is -0.151. The van der Waals surface area contributed by atoms with Crippen LogP contribution in [0, 0.1) is 0 Å². The molecular weight excluding hydrogens is 434 g/mol. The Morgan fingerprint density at radius 3 is 2.50 bits per heavy atom. The lowest BCUT2D eigenvalue weighted by Crippen LogP contribution is -2.71. The summed E-state index contributed by atoms with van der Waals surface area (Å²) < 4.78 is 5.49. The lowest BCUT2D eigenvalue weighted by Gasteiger charge is -2.49. The summed E-state index contributed by atoms with van der Waals surface area (Å²) in [6.07, 6.45) is 3.08. The van der Waals surface area contributed by atoms with Crippen molar-refractivity contribution in [2.45, 2.75) is 29.7 Å². The second kappa shape index (κ2) is 8.83. The molecule has 1 fully saturated rings. The van der Waals surface area contributed by atoms with Crippen molar-refractivity contribution < 1.29 is 29.0 Å². The van der Waals surface area contributed by atoms with Gasteiger partial charge in [-0.15, -0.1) is 11.8 Å². The molecule has 0 radical (unpaired) electrons. The molecule has 2 N–H and O–H groups in total. The minimum atomic E-state index is -1.29. The molecule has 1 aromatic carbocycles. The Bertz CT molecular complexity index is 1090. The van der Waals surface area contributed by atoms with Gasteiger partial charge in [-0.1, -0.05) is 30.3 Å². The average Bonchev–Trinajstić information content (AvgIpc) is 2.81. The molecule has 9 nitrogen and oxygen atoms in total. The number of carboxylic acids is 1. The first-order chi connectivity index (χ1) is 15.4. The number of hydrogen-bond acceptors (Lipinski definition) is 7. The summed E-state index contributed by atoms with van der Waals surface area (Å²) in [5.41, 5.74) is 0.569. The molecule has 1 saturated heterocycles. The molecule has 10 heteroatoms. The number of aliphatic carboxylic acids is 1. The zero-order chi connectivity index (χ0) is 22.8. The molecule has 0 saturated carbocycles. The quantitative estimate of drug-likeness (QED) is 0.500. The number of carbonyl (C=O) groups is 4. The number of amides is 2. The van der Waals surface area contributed by atoms with Crippen molar-refractivity contribution in [3.63, 3.8) is 0 Å². The van der Waals surface area contributed by atoms with Crippen LogP contribution in [0.3, 0.4) is 0 Å². The predicted octanol–water partition coefficient (Wildman–Crippen LogP) is 1.74. The molecule has 3 unspecified atom stereocenters. The summed E-state index contributed by atoms with van der Waals surface area (Å²) in [6, 6.07) is 10.5. The van der Waals surface area contributed by atoms with Gasteiger partial charge in [-0.05, 0) is 25.1 Å². The molecule has 2 aliphatic heterocycles. The van der Waals surface area contributed by atoms with Gasteiger partial charge >= 0.3 is 11.9 Å². The van der Waals surface area contributed by atoms with Crippen LogP contribution in [0.1, 0.15) is 28.9 Å². The fourth-order valence-electron chi connectivity index (χ4n) is 3.52. The Hall–Kier alpha value is -3.66. The third kappa shape index (κ3) is 4.09. The number of nitrogens with zero attached hydrogens (tertiary/aromatic N) is 2. The highest BCUT2D eigenvalue weighted by atomic mass is 32.2. The molecule has 2 aliphatic rings. The van der Waals surface area contributed by atoms with E-state index < -0.39 is 41.3 Å². The highest BCUT2D eigenvalue weighted by Gasteiger charge is 2.54. The summed E-state index contributed by atoms with van der Waals surface area (Å²) in [5.74, 6) is -3.11. The smallest absolute Gasteiger partial charge is 0.352 e. The molecule has 0 spiro atoms. The van der Waals surface area contributed by atoms with Crippen molar-refractivity contribution in [1.82, 2.24) is 15.2 Å². The maximum absolute atomic E-state index is 13.1. The Labute approximate surface area is 187 Å². The molecular formula is C22H19N3O6S. The summed E-state index contributed by atoms with van der Waals surface area (Å²) in [7, 11) is 0. The van der Waals surface area contributed by atoms with E-state index in [1.807, 2.05) is 6.92 Å². The van der Waals surface area contributed by atoms with Crippen LogP contribution in [0.4, 0.5) is 0 Å². The third-order valence-electron chi connectivity index (χ3n) is 5.05. The van der Waals surface area contributed by atoms with Crippen molar-refractivity contribution in [2.24, 2.45) is 0 Å². The van der Waals surface area contributed by atoms with Crippen molar-refractivity contribution in [2.75, 3.05) is 0 Å². The zero-order valence-electron chi connectivity index (χ0n) is 16.9. The fraction of sp³-hybridized carbons (Fsp3) is 0.227. The van der Waals surface area contributed by atoms with Gasteiger partial charge in [0.15, 0.2) is 0 Å². The number of ether oxygens (including phenoxy) is 1. The van der Waals surface area contributed by atoms with Crippen molar-refractivity contribution in [3.05, 3.63) is 77.8 Å². The second-order valence-corrected chi connectivity index (χ2v) is 8.71. The summed E-state index contributed by atoms with van der Waals surface area (Å²) in [4.78, 5) is 54.8. The number of thioether (sulfide) groups is 1. The van der Waals surface area contributed by atoms with Crippen LogP contribution >= 0.6 is 11.8 Å². The van der Waals surface area contributed by atoms with Crippen molar-refractivity contribution in [1.29, 1.82) is 0 Å². The summed E-state index contributed by atoms with van der Waals surface area (Å²) in [5, 5.41) is 11.3. The number of carbonyl (C=O) groups excluding carboxylic acids is 3. The molecule has 1 aromatic heterocycles. The number of nitrogens with one attached hydrogen (secondary N) is 1. The van der Waals surface area contributed by atoms with Gasteiger partial charge in [0.1, 0.15) is 17.1 Å². The lowest BCUT2D eigenvalue weighted by atomic mass is 10.0. The van der Waals surface area contributed by atoms with Gasteiger partial charge in [-0.25, -0.2) is 9.59 Å². The molecule has 2 aromatic rings. The second-order valence-electron chi connectivity index (χ2n) is 7.22. The molecule has 0 aliphatic carbocycles. The van der Waals surface area contributed by atoms with Crippen LogP contribution in [-0.4, -0.2) is 55.4 Å². The number of benzene rings is 1. The van der Waals surface area contributed by atoms with E-state index in [0.717, 1.165) is 0 Å². The number of rotatable bonds is 6. The minimum Gasteiger partial charge on any atom is -0.477 e. The van der Waals surface area contributed by atoms with Crippen LogP contribution in [0.5, 0.6) is 0 Å². The Morgan fingerprint density at radius 2 is 1.84 bits per heavy atom. The van der Waals surface area contributed by atoms with E-state index in [2.05, 4.69) is 10.3 Å². The summed E-state index contributed by atoms with van der Waals surface area (Å²) in [6.45, 7) is 1.82. The molecule has 2 amide bonds. The number of pyridine rings is 1. The van der Waals surface area contributed by atoms with Crippen molar-refractivity contribution in [3.8, 4) is 0 Å². The number of hydrogen-bond donors (Lipinski definition) is 2. The van der Waals surface area contributed by atoms with E-state index in [1.165, 1.54) is 47.3 Å². The number of fused-ring (bicyclic) bond motifs is 1. The summed E-state index contributed by atoms with van der Waals surface area (Å²) >= 11 is 1.37. The topological polar surface area (TPSA) is 126 Å². The van der Waals surface area contributed by atoms with E-state index >= 15 is 0 Å². The first-order valence-corrected chi connectivity index (χ1v) is 10.7. The Balaban J connectivity index is 1.54. The Kier molecular flexibility index (Phi) is 5.95. The van der Waals surface area contributed by atoms with E-state index in [4.69, 9.17) is 4.74 Å². The zero-order valence-corrected chi connectivity index (χ0v) is 17.7. The van der Waals surface area contributed by atoms with Gasteiger partial charge in [-0.3, -0.25) is 19.5 Å². The van der Waals surface area contributed by atoms with Gasteiger partial charge in [0, 0.05) is 23.2 Å².